The molecule has 2 aromatic rings. The Kier molecular flexibility index (Phi) is 3.50. The predicted octanol–water partition coefficient (Wildman–Crippen LogP) is 3.87. The number of carbonyl (C=O) groups is 1. The first-order valence-electron chi connectivity index (χ1n) is 6.18. The van der Waals surface area contributed by atoms with E-state index in [9.17, 15) is 18.0 Å². The van der Waals surface area contributed by atoms with E-state index in [1.165, 1.54) is 13.0 Å². The molecule has 0 bridgehead atoms. The van der Waals surface area contributed by atoms with Crippen molar-refractivity contribution in [1.82, 2.24) is 4.57 Å². The molecule has 108 valence electrons. The fourth-order valence-corrected chi connectivity index (χ4v) is 2.24. The summed E-state index contributed by atoms with van der Waals surface area (Å²) < 4.78 is 40.1. The Balaban J connectivity index is 2.71. The lowest BCUT2D eigenvalue weighted by Gasteiger charge is -2.08. The molecule has 0 saturated heterocycles. The van der Waals surface area contributed by atoms with Crippen LogP contribution in [0.2, 0.25) is 0 Å². The first-order valence-corrected chi connectivity index (χ1v) is 6.18. The second-order valence-electron chi connectivity index (χ2n) is 4.66. The van der Waals surface area contributed by atoms with Crippen LogP contribution in [0.25, 0.3) is 10.9 Å². The molecule has 20 heavy (non-hydrogen) atoms. The molecule has 0 fully saturated rings. The van der Waals surface area contributed by atoms with Crippen LogP contribution in [-0.2, 0) is 17.5 Å². The molecule has 6 heteroatoms. The Morgan fingerprint density at radius 2 is 2.05 bits per heavy atom. The first kappa shape index (κ1) is 14.4. The van der Waals surface area contributed by atoms with E-state index >= 15 is 0 Å². The van der Waals surface area contributed by atoms with Crippen molar-refractivity contribution in [2.24, 2.45) is 0 Å². The lowest BCUT2D eigenvalue weighted by atomic mass is 9.99. The predicted molar refractivity (Wildman–Crippen MR) is 68.7 cm³/mol. The van der Waals surface area contributed by atoms with Crippen LogP contribution in [0.15, 0.2) is 24.4 Å². The Morgan fingerprint density at radius 1 is 1.40 bits per heavy atom. The smallest absolute Gasteiger partial charge is 0.416 e. The third-order valence-corrected chi connectivity index (χ3v) is 3.42. The molecule has 0 aliphatic rings. The van der Waals surface area contributed by atoms with Gasteiger partial charge in [-0.2, -0.15) is 13.2 Å². The highest BCUT2D eigenvalue weighted by molar-refractivity contribution is 5.90. The molecule has 1 N–H and O–H groups in total. The zero-order valence-electron chi connectivity index (χ0n) is 11.0. The van der Waals surface area contributed by atoms with Gasteiger partial charge in [0.15, 0.2) is 0 Å². The summed E-state index contributed by atoms with van der Waals surface area (Å²) in [5.74, 6) is -1.91. The Hall–Kier alpha value is -1.98. The molecule has 1 aromatic carbocycles. The zero-order valence-corrected chi connectivity index (χ0v) is 11.0. The second kappa shape index (κ2) is 4.85. The standard InChI is InChI=1S/C14H14F3NO2/c1-3-18-7-11(8(2)13(19)20)10-6-9(14(15,16)17)4-5-12(10)18/h4-8H,3H2,1-2H3,(H,19,20). The van der Waals surface area contributed by atoms with Gasteiger partial charge in [-0.05, 0) is 37.6 Å². The third-order valence-electron chi connectivity index (χ3n) is 3.42. The van der Waals surface area contributed by atoms with Crippen LogP contribution in [0.1, 0.15) is 30.9 Å². The molecular formula is C14H14F3NO2. The van der Waals surface area contributed by atoms with Gasteiger partial charge in [-0.15, -0.1) is 0 Å². The number of halogens is 3. The monoisotopic (exact) mass is 285 g/mol. The van der Waals surface area contributed by atoms with Crippen molar-refractivity contribution in [2.45, 2.75) is 32.5 Å². The van der Waals surface area contributed by atoms with Gasteiger partial charge in [-0.25, -0.2) is 0 Å². The van der Waals surface area contributed by atoms with Crippen molar-refractivity contribution in [3.05, 3.63) is 35.5 Å². The molecule has 1 unspecified atom stereocenters. The summed E-state index contributed by atoms with van der Waals surface area (Å²) in [5, 5.41) is 9.42. The Labute approximate surface area is 113 Å². The van der Waals surface area contributed by atoms with Gasteiger partial charge in [0.2, 0.25) is 0 Å². The number of carboxylic acids is 1. The normalized spacial score (nSPS) is 13.7. The van der Waals surface area contributed by atoms with Crippen molar-refractivity contribution < 1.29 is 23.1 Å². The molecule has 3 nitrogen and oxygen atoms in total. The van der Waals surface area contributed by atoms with Crippen LogP contribution in [-0.4, -0.2) is 15.6 Å². The molecule has 0 amide bonds. The van der Waals surface area contributed by atoms with Gasteiger partial charge in [-0.3, -0.25) is 4.79 Å². The van der Waals surface area contributed by atoms with Gasteiger partial charge in [0.1, 0.15) is 0 Å². The number of rotatable bonds is 3. The zero-order chi connectivity index (χ0) is 15.1. The topological polar surface area (TPSA) is 42.2 Å². The molecule has 1 aromatic heterocycles. The van der Waals surface area contributed by atoms with Gasteiger partial charge >= 0.3 is 12.1 Å². The van der Waals surface area contributed by atoms with Crippen molar-refractivity contribution in [2.75, 3.05) is 0 Å². The number of aromatic nitrogens is 1. The summed E-state index contributed by atoms with van der Waals surface area (Å²) in [6.45, 7) is 3.89. The van der Waals surface area contributed by atoms with Crippen molar-refractivity contribution in [1.29, 1.82) is 0 Å². The molecule has 1 atom stereocenters. The number of alkyl halides is 3. The number of carboxylic acid groups (broad SMARTS) is 1. The SMILES string of the molecule is CCn1cc(C(C)C(=O)O)c2cc(C(F)(F)F)ccc21. The summed E-state index contributed by atoms with van der Waals surface area (Å²) >= 11 is 0. The molecule has 2 rings (SSSR count). The summed E-state index contributed by atoms with van der Waals surface area (Å²) in [6.07, 6.45) is -2.82. The lowest BCUT2D eigenvalue weighted by Crippen LogP contribution is -2.07. The van der Waals surface area contributed by atoms with Crippen molar-refractivity contribution >= 4 is 16.9 Å². The molecular weight excluding hydrogens is 271 g/mol. The number of fused-ring (bicyclic) bond motifs is 1. The second-order valence-corrected chi connectivity index (χ2v) is 4.66. The maximum atomic E-state index is 12.8. The number of nitrogens with zero attached hydrogens (tertiary/aromatic N) is 1. The van der Waals surface area contributed by atoms with E-state index in [2.05, 4.69) is 0 Å². The van der Waals surface area contributed by atoms with E-state index in [0.29, 0.717) is 23.0 Å². The quantitative estimate of drug-likeness (QED) is 0.930. The average molecular weight is 285 g/mol. The third kappa shape index (κ3) is 2.37. The summed E-state index contributed by atoms with van der Waals surface area (Å²) in [6, 6.07) is 3.43. The van der Waals surface area contributed by atoms with Gasteiger partial charge < -0.3 is 9.67 Å². The minimum atomic E-state index is -4.44. The first-order chi connectivity index (χ1) is 9.25. The maximum absolute atomic E-state index is 12.8. The fourth-order valence-electron chi connectivity index (χ4n) is 2.24. The van der Waals surface area contributed by atoms with E-state index in [1.54, 1.807) is 10.8 Å². The minimum Gasteiger partial charge on any atom is -0.481 e. The molecule has 0 radical (unpaired) electrons. The molecule has 0 aliphatic heterocycles. The average Bonchev–Trinajstić information content (AvgIpc) is 2.74. The van der Waals surface area contributed by atoms with Crippen molar-refractivity contribution in [3.8, 4) is 0 Å². The van der Waals surface area contributed by atoms with Crippen LogP contribution in [0.5, 0.6) is 0 Å². The molecule has 0 spiro atoms. The van der Waals surface area contributed by atoms with Crippen LogP contribution in [0.3, 0.4) is 0 Å². The van der Waals surface area contributed by atoms with E-state index in [-0.39, 0.29) is 0 Å². The van der Waals surface area contributed by atoms with Gasteiger partial charge in [0, 0.05) is 23.6 Å². The Morgan fingerprint density at radius 3 is 2.55 bits per heavy atom. The molecule has 0 aliphatic carbocycles. The van der Waals surface area contributed by atoms with Crippen LogP contribution in [0.4, 0.5) is 13.2 Å². The van der Waals surface area contributed by atoms with Gasteiger partial charge in [0.25, 0.3) is 0 Å². The van der Waals surface area contributed by atoms with Crippen LogP contribution in [0, 0.1) is 0 Å². The fraction of sp³-hybridized carbons (Fsp3) is 0.357. The van der Waals surface area contributed by atoms with E-state index in [0.717, 1.165) is 12.1 Å². The summed E-state index contributed by atoms with van der Waals surface area (Å²) in [7, 11) is 0. The van der Waals surface area contributed by atoms with Gasteiger partial charge in [-0.1, -0.05) is 0 Å². The highest BCUT2D eigenvalue weighted by Gasteiger charge is 2.31. The molecule has 0 saturated carbocycles. The minimum absolute atomic E-state index is 0.344. The van der Waals surface area contributed by atoms with Crippen LogP contribution >= 0.6 is 0 Å². The number of hydrogen-bond donors (Lipinski definition) is 1. The van der Waals surface area contributed by atoms with E-state index < -0.39 is 23.6 Å². The highest BCUT2D eigenvalue weighted by Crippen LogP contribution is 2.35. The largest absolute Gasteiger partial charge is 0.481 e. The maximum Gasteiger partial charge on any atom is 0.416 e. The van der Waals surface area contributed by atoms with Crippen molar-refractivity contribution in [3.63, 3.8) is 0 Å². The Bertz CT molecular complexity index is 658. The van der Waals surface area contributed by atoms with Gasteiger partial charge in [0.05, 0.1) is 11.5 Å². The van der Waals surface area contributed by atoms with E-state index in [4.69, 9.17) is 5.11 Å². The lowest BCUT2D eigenvalue weighted by molar-refractivity contribution is -0.138. The summed E-state index contributed by atoms with van der Waals surface area (Å²) in [4.78, 5) is 11.1. The number of aryl methyl sites for hydroxylation is 1. The van der Waals surface area contributed by atoms with E-state index in [1.807, 2.05) is 6.92 Å². The summed E-state index contributed by atoms with van der Waals surface area (Å²) in [5.41, 5.74) is 0.252. The number of hydrogen-bond acceptors (Lipinski definition) is 1. The highest BCUT2D eigenvalue weighted by atomic mass is 19.4. The number of benzene rings is 1. The van der Waals surface area contributed by atoms with Crippen LogP contribution < -0.4 is 0 Å². The molecule has 1 heterocycles. The number of aliphatic carboxylic acids is 1.